The van der Waals surface area contributed by atoms with Crippen LogP contribution in [-0.4, -0.2) is 41.8 Å². The summed E-state index contributed by atoms with van der Waals surface area (Å²) >= 11 is 0. The average Bonchev–Trinajstić information content (AvgIpc) is 2.41. The van der Waals surface area contributed by atoms with Crippen molar-refractivity contribution >= 4 is 0 Å². The van der Waals surface area contributed by atoms with E-state index in [-0.39, 0.29) is 6.04 Å². The summed E-state index contributed by atoms with van der Waals surface area (Å²) in [6.07, 6.45) is 3.48. The van der Waals surface area contributed by atoms with Crippen molar-refractivity contribution in [3.8, 4) is 0 Å². The lowest BCUT2D eigenvalue weighted by Crippen LogP contribution is -2.44. The van der Waals surface area contributed by atoms with Gasteiger partial charge < -0.3 is 10.8 Å². The molecule has 0 aromatic carbocycles. The number of aliphatic hydroxyl groups excluding tert-OH is 1. The topological polar surface area (TPSA) is 49.5 Å². The highest BCUT2D eigenvalue weighted by atomic mass is 16.3. The number of rotatable bonds is 3. The van der Waals surface area contributed by atoms with Gasteiger partial charge in [-0.3, -0.25) is 4.90 Å². The van der Waals surface area contributed by atoms with Crippen molar-refractivity contribution in [2.24, 2.45) is 11.7 Å². The second kappa shape index (κ2) is 5.69. The summed E-state index contributed by atoms with van der Waals surface area (Å²) in [5, 5.41) is 9.11. The highest BCUT2D eigenvalue weighted by molar-refractivity contribution is 4.78. The van der Waals surface area contributed by atoms with Gasteiger partial charge in [-0.25, -0.2) is 0 Å². The molecule has 3 N–H and O–H groups in total. The van der Waals surface area contributed by atoms with Crippen LogP contribution in [0.3, 0.4) is 0 Å². The van der Waals surface area contributed by atoms with E-state index in [2.05, 4.69) is 18.7 Å². The lowest BCUT2D eigenvalue weighted by Gasteiger charge is -2.30. The van der Waals surface area contributed by atoms with Gasteiger partial charge in [0, 0.05) is 18.7 Å². The molecule has 3 unspecified atom stereocenters. The normalized spacial score (nSPS) is 29.6. The van der Waals surface area contributed by atoms with Crippen molar-refractivity contribution in [1.29, 1.82) is 0 Å². The Morgan fingerprint density at radius 2 is 2.07 bits per heavy atom. The lowest BCUT2D eigenvalue weighted by atomic mass is 10.0. The van der Waals surface area contributed by atoms with Crippen LogP contribution < -0.4 is 5.73 Å². The number of hydrogen-bond donors (Lipinski definition) is 2. The maximum absolute atomic E-state index is 9.11. The molecule has 1 saturated heterocycles. The number of nitrogens with two attached hydrogens (primary N) is 1. The summed E-state index contributed by atoms with van der Waals surface area (Å²) < 4.78 is 0. The second-order valence-corrected chi connectivity index (χ2v) is 4.62. The lowest BCUT2D eigenvalue weighted by molar-refractivity contribution is 0.181. The van der Waals surface area contributed by atoms with E-state index in [1.807, 2.05) is 0 Å². The van der Waals surface area contributed by atoms with Crippen LogP contribution in [-0.2, 0) is 0 Å². The molecule has 0 bridgehead atoms. The zero-order valence-corrected chi connectivity index (χ0v) is 9.45. The Bertz CT molecular complexity index is 161. The Labute approximate surface area is 87.3 Å². The molecule has 3 atom stereocenters. The van der Waals surface area contributed by atoms with Crippen LogP contribution in [0.15, 0.2) is 0 Å². The molecule has 14 heavy (non-hydrogen) atoms. The first-order chi connectivity index (χ1) is 6.65. The van der Waals surface area contributed by atoms with Gasteiger partial charge in [-0.2, -0.15) is 0 Å². The highest BCUT2D eigenvalue weighted by Gasteiger charge is 2.21. The molecule has 0 aromatic heterocycles. The molecule has 3 heteroatoms. The summed E-state index contributed by atoms with van der Waals surface area (Å²) in [5.41, 5.74) is 5.89. The highest BCUT2D eigenvalue weighted by Crippen LogP contribution is 2.18. The number of aliphatic hydroxyl groups is 1. The Balaban J connectivity index is 2.41. The Kier molecular flexibility index (Phi) is 4.85. The van der Waals surface area contributed by atoms with E-state index in [1.165, 1.54) is 12.8 Å². The Hall–Kier alpha value is -0.120. The van der Waals surface area contributed by atoms with Gasteiger partial charge in [-0.1, -0.05) is 0 Å². The van der Waals surface area contributed by atoms with Gasteiger partial charge >= 0.3 is 0 Å². The minimum absolute atomic E-state index is 0.237. The fourth-order valence-electron chi connectivity index (χ4n) is 2.11. The number of likely N-dealkylation sites (tertiary alicyclic amines) is 1. The Morgan fingerprint density at radius 3 is 2.64 bits per heavy atom. The molecular formula is C11H24N2O. The van der Waals surface area contributed by atoms with Crippen LogP contribution >= 0.6 is 0 Å². The van der Waals surface area contributed by atoms with Gasteiger partial charge in [0.2, 0.25) is 0 Å². The number of hydrogen-bond acceptors (Lipinski definition) is 3. The predicted molar refractivity (Wildman–Crippen MR) is 59.1 cm³/mol. The zero-order chi connectivity index (χ0) is 10.6. The van der Waals surface area contributed by atoms with Crippen LogP contribution in [0.4, 0.5) is 0 Å². The average molecular weight is 200 g/mol. The molecular weight excluding hydrogens is 176 g/mol. The van der Waals surface area contributed by atoms with E-state index in [0.29, 0.717) is 18.6 Å². The standard InChI is InChI=1S/C11H24N2O/c1-9(12)10(2)13-6-3-4-11(8-14)5-7-13/h9-11,14H,3-8,12H2,1-2H3. The summed E-state index contributed by atoms with van der Waals surface area (Å²) in [4.78, 5) is 2.46. The minimum atomic E-state index is 0.237. The monoisotopic (exact) mass is 200 g/mol. The smallest absolute Gasteiger partial charge is 0.0459 e. The summed E-state index contributed by atoms with van der Waals surface area (Å²) in [7, 11) is 0. The summed E-state index contributed by atoms with van der Waals surface area (Å²) in [5.74, 6) is 0.514. The van der Waals surface area contributed by atoms with Crippen LogP contribution in [0.5, 0.6) is 0 Å². The second-order valence-electron chi connectivity index (χ2n) is 4.62. The molecule has 3 nitrogen and oxygen atoms in total. The third kappa shape index (κ3) is 3.23. The van der Waals surface area contributed by atoms with Gasteiger partial charge in [-0.15, -0.1) is 0 Å². The van der Waals surface area contributed by atoms with Gasteiger partial charge in [0.1, 0.15) is 0 Å². The molecule has 0 spiro atoms. The minimum Gasteiger partial charge on any atom is -0.396 e. The maximum Gasteiger partial charge on any atom is 0.0459 e. The first kappa shape index (κ1) is 12.0. The van der Waals surface area contributed by atoms with E-state index < -0.39 is 0 Å². The molecule has 1 aliphatic heterocycles. The van der Waals surface area contributed by atoms with Gasteiger partial charge in [0.05, 0.1) is 0 Å². The van der Waals surface area contributed by atoms with Crippen molar-refractivity contribution in [1.82, 2.24) is 4.90 Å². The maximum atomic E-state index is 9.11. The predicted octanol–water partition coefficient (Wildman–Crippen LogP) is 0.816. The largest absolute Gasteiger partial charge is 0.396 e. The van der Waals surface area contributed by atoms with Gasteiger partial charge in [0.15, 0.2) is 0 Å². The molecule has 1 rings (SSSR count). The fourth-order valence-corrected chi connectivity index (χ4v) is 2.11. The molecule has 1 aliphatic rings. The first-order valence-electron chi connectivity index (χ1n) is 5.75. The summed E-state index contributed by atoms with van der Waals surface area (Å²) in [6, 6.07) is 0.702. The molecule has 0 saturated carbocycles. The molecule has 0 aromatic rings. The van der Waals surface area contributed by atoms with E-state index >= 15 is 0 Å². The molecule has 0 radical (unpaired) electrons. The Morgan fingerprint density at radius 1 is 1.36 bits per heavy atom. The van der Waals surface area contributed by atoms with E-state index in [4.69, 9.17) is 10.8 Å². The molecule has 0 aliphatic carbocycles. The van der Waals surface area contributed by atoms with Crippen LogP contribution in [0.1, 0.15) is 33.1 Å². The van der Waals surface area contributed by atoms with Crippen molar-refractivity contribution in [3.05, 3.63) is 0 Å². The quantitative estimate of drug-likeness (QED) is 0.709. The van der Waals surface area contributed by atoms with Gasteiger partial charge in [0.25, 0.3) is 0 Å². The van der Waals surface area contributed by atoms with Crippen LogP contribution in [0.2, 0.25) is 0 Å². The van der Waals surface area contributed by atoms with Crippen LogP contribution in [0.25, 0.3) is 0 Å². The number of nitrogens with zero attached hydrogens (tertiary/aromatic N) is 1. The molecule has 0 amide bonds. The summed E-state index contributed by atoms with van der Waals surface area (Å²) in [6.45, 7) is 6.84. The SMILES string of the molecule is CC(N)C(C)N1CCCC(CO)CC1. The third-order valence-electron chi connectivity index (χ3n) is 3.48. The molecule has 1 fully saturated rings. The molecule has 84 valence electrons. The van der Waals surface area contributed by atoms with E-state index in [0.717, 1.165) is 19.5 Å². The van der Waals surface area contributed by atoms with E-state index in [1.54, 1.807) is 0 Å². The van der Waals surface area contributed by atoms with Crippen molar-refractivity contribution in [2.45, 2.75) is 45.2 Å². The van der Waals surface area contributed by atoms with E-state index in [9.17, 15) is 0 Å². The van der Waals surface area contributed by atoms with Crippen molar-refractivity contribution < 1.29 is 5.11 Å². The van der Waals surface area contributed by atoms with Crippen molar-refractivity contribution in [3.63, 3.8) is 0 Å². The van der Waals surface area contributed by atoms with Gasteiger partial charge in [-0.05, 0) is 52.1 Å². The third-order valence-corrected chi connectivity index (χ3v) is 3.48. The van der Waals surface area contributed by atoms with Crippen molar-refractivity contribution in [2.75, 3.05) is 19.7 Å². The zero-order valence-electron chi connectivity index (χ0n) is 9.45. The molecule has 1 heterocycles. The first-order valence-corrected chi connectivity index (χ1v) is 5.75. The van der Waals surface area contributed by atoms with Crippen LogP contribution in [0, 0.1) is 5.92 Å². The fraction of sp³-hybridized carbons (Fsp3) is 1.00.